The van der Waals surface area contributed by atoms with E-state index in [4.69, 9.17) is 4.98 Å². The summed E-state index contributed by atoms with van der Waals surface area (Å²) < 4.78 is 2.45. The van der Waals surface area contributed by atoms with Gasteiger partial charge in [-0.05, 0) is 153 Å². The van der Waals surface area contributed by atoms with Crippen LogP contribution in [0.3, 0.4) is 0 Å². The first-order valence-electron chi connectivity index (χ1n) is 24.6. The number of para-hydroxylation sites is 2. The predicted molar refractivity (Wildman–Crippen MR) is 290 cm³/mol. The number of fused-ring (bicyclic) bond motifs is 6. The minimum absolute atomic E-state index is 0.0801. The second-order valence-electron chi connectivity index (χ2n) is 18.6. The fourth-order valence-corrected chi connectivity index (χ4v) is 11.6. The smallest absolute Gasteiger partial charge is 0.0709 e. The van der Waals surface area contributed by atoms with Gasteiger partial charge in [0, 0.05) is 33.6 Å². The third kappa shape index (κ3) is 6.97. The number of aromatic nitrogens is 2. The lowest BCUT2D eigenvalue weighted by Crippen LogP contribution is -2.23. The average Bonchev–Trinajstić information content (AvgIpc) is 3.90. The van der Waals surface area contributed by atoms with Crippen molar-refractivity contribution in [1.29, 1.82) is 0 Å². The first-order chi connectivity index (χ1) is 33.6. The Kier molecular flexibility index (Phi) is 10.7. The van der Waals surface area contributed by atoms with Gasteiger partial charge < -0.3 is 4.57 Å². The first-order valence-corrected chi connectivity index (χ1v) is 24.6. The highest BCUT2D eigenvalue weighted by atomic mass is 15.0. The summed E-state index contributed by atoms with van der Waals surface area (Å²) in [4.78, 5) is 5.29. The van der Waals surface area contributed by atoms with Crippen LogP contribution in [-0.2, 0) is 5.41 Å². The third-order valence-electron chi connectivity index (χ3n) is 15.0. The maximum Gasteiger partial charge on any atom is 0.0709 e. The Hall–Kier alpha value is -7.81. The molecule has 3 aliphatic rings. The number of allylic oxidation sites excluding steroid dienone is 8. The van der Waals surface area contributed by atoms with Crippen LogP contribution >= 0.6 is 0 Å². The molecule has 68 heavy (non-hydrogen) atoms. The van der Waals surface area contributed by atoms with Gasteiger partial charge in [-0.15, -0.1) is 0 Å². The van der Waals surface area contributed by atoms with Gasteiger partial charge in [-0.2, -0.15) is 0 Å². The predicted octanol–water partition coefficient (Wildman–Crippen LogP) is 17.9. The Morgan fingerprint density at radius 1 is 0.485 bits per heavy atom. The van der Waals surface area contributed by atoms with Gasteiger partial charge in [0.15, 0.2) is 0 Å². The van der Waals surface area contributed by atoms with Gasteiger partial charge in [0.2, 0.25) is 0 Å². The van der Waals surface area contributed by atoms with Crippen LogP contribution in [0.25, 0.3) is 95.4 Å². The molecule has 0 unspecified atom stereocenters. The molecular formula is C66H54N2. The van der Waals surface area contributed by atoms with Crippen LogP contribution in [0.5, 0.6) is 0 Å². The number of hydrogen-bond acceptors (Lipinski definition) is 1. The third-order valence-corrected chi connectivity index (χ3v) is 15.0. The van der Waals surface area contributed by atoms with E-state index < -0.39 is 0 Å². The fraction of sp³-hybridized carbons (Fsp3) is 0.136. The zero-order valence-corrected chi connectivity index (χ0v) is 38.9. The summed E-state index contributed by atoms with van der Waals surface area (Å²) in [5.74, 6) is 0. The van der Waals surface area contributed by atoms with Crippen LogP contribution in [0.15, 0.2) is 206 Å². The van der Waals surface area contributed by atoms with E-state index >= 15 is 0 Å². The number of hydrogen-bond donors (Lipinski definition) is 0. The number of rotatable bonds is 10. The van der Waals surface area contributed by atoms with E-state index in [1.54, 1.807) is 0 Å². The maximum absolute atomic E-state index is 5.29. The maximum atomic E-state index is 5.29. The van der Waals surface area contributed by atoms with Crippen molar-refractivity contribution in [3.63, 3.8) is 0 Å². The molecule has 7 aromatic carbocycles. The second-order valence-corrected chi connectivity index (χ2v) is 18.6. The van der Waals surface area contributed by atoms with Gasteiger partial charge in [0.1, 0.15) is 0 Å². The Bertz CT molecular complexity index is 3500. The van der Waals surface area contributed by atoms with Crippen molar-refractivity contribution in [2.24, 2.45) is 0 Å². The van der Waals surface area contributed by atoms with Crippen LogP contribution in [-0.4, -0.2) is 9.55 Å². The van der Waals surface area contributed by atoms with Crippen molar-refractivity contribution in [3.05, 3.63) is 240 Å². The lowest BCUT2D eigenvalue weighted by atomic mass is 9.73. The van der Waals surface area contributed by atoms with Gasteiger partial charge >= 0.3 is 0 Å². The molecule has 0 bridgehead atoms. The zero-order valence-electron chi connectivity index (χ0n) is 38.9. The lowest BCUT2D eigenvalue weighted by Gasteiger charge is -2.30. The molecule has 9 aromatic rings. The summed E-state index contributed by atoms with van der Waals surface area (Å²) in [6.45, 7) is 4.72. The van der Waals surface area contributed by atoms with Crippen LogP contribution in [0.1, 0.15) is 85.8 Å². The van der Waals surface area contributed by atoms with Crippen molar-refractivity contribution in [1.82, 2.24) is 9.55 Å². The number of pyridine rings is 1. The molecule has 0 fully saturated rings. The van der Waals surface area contributed by atoms with Crippen molar-refractivity contribution in [3.8, 4) is 50.3 Å². The van der Waals surface area contributed by atoms with Crippen LogP contribution in [0.2, 0.25) is 0 Å². The molecule has 0 spiro atoms. The first kappa shape index (κ1) is 41.6. The molecule has 0 atom stereocenters. The molecular weight excluding hydrogens is 821 g/mol. The highest BCUT2D eigenvalue weighted by Crippen LogP contribution is 2.54. The number of nitrogens with zero attached hydrogens (tertiary/aromatic N) is 2. The van der Waals surface area contributed by atoms with Crippen LogP contribution in [0.4, 0.5) is 0 Å². The molecule has 2 heteroatoms. The topological polar surface area (TPSA) is 17.8 Å². The molecule has 0 N–H and O–H groups in total. The monoisotopic (exact) mass is 874 g/mol. The van der Waals surface area contributed by atoms with Gasteiger partial charge in [0.25, 0.3) is 0 Å². The van der Waals surface area contributed by atoms with Crippen molar-refractivity contribution in [2.45, 2.75) is 57.8 Å². The highest BCUT2D eigenvalue weighted by molar-refractivity contribution is 6.09. The van der Waals surface area contributed by atoms with E-state index in [-0.39, 0.29) is 5.41 Å². The minimum atomic E-state index is -0.0801. The summed E-state index contributed by atoms with van der Waals surface area (Å²) in [5.41, 5.74) is 23.6. The quantitative estimate of drug-likeness (QED) is 0.134. The molecule has 0 saturated carbocycles. The molecule has 0 saturated heterocycles. The summed E-state index contributed by atoms with van der Waals surface area (Å²) in [6.07, 6.45) is 27.0. The zero-order chi connectivity index (χ0) is 45.6. The molecule has 2 heterocycles. The molecule has 0 aliphatic heterocycles. The van der Waals surface area contributed by atoms with Crippen molar-refractivity contribution in [2.75, 3.05) is 0 Å². The van der Waals surface area contributed by atoms with Gasteiger partial charge in [-0.1, -0.05) is 190 Å². The fourth-order valence-electron chi connectivity index (χ4n) is 11.6. The Balaban J connectivity index is 0.929. The number of benzene rings is 7. The SMILES string of the molecule is CCC1(CC)c2cc(/C=C/c3ccc(-c4cc(-c5ccccc5)c(C5=CCCC=C5)c(C5=CCCC=C5)c4-c4ccccc4)nc3)ccc2-c2ccc(-n3c4ccccc4c4ccccc43)cc21. The van der Waals surface area contributed by atoms with E-state index in [0.29, 0.717) is 0 Å². The molecule has 12 rings (SSSR count). The summed E-state index contributed by atoms with van der Waals surface area (Å²) in [6, 6.07) is 60.6. The Labute approximate surface area is 400 Å². The minimum Gasteiger partial charge on any atom is -0.309 e. The molecule has 3 aliphatic carbocycles. The summed E-state index contributed by atoms with van der Waals surface area (Å²) in [5, 5.41) is 2.58. The molecule has 328 valence electrons. The largest absolute Gasteiger partial charge is 0.309 e. The molecule has 2 aromatic heterocycles. The van der Waals surface area contributed by atoms with Crippen molar-refractivity contribution < 1.29 is 0 Å². The summed E-state index contributed by atoms with van der Waals surface area (Å²) >= 11 is 0. The van der Waals surface area contributed by atoms with E-state index in [0.717, 1.165) is 55.3 Å². The molecule has 0 radical (unpaired) electrons. The lowest BCUT2D eigenvalue weighted by molar-refractivity contribution is 0.490. The highest BCUT2D eigenvalue weighted by Gasteiger charge is 2.41. The summed E-state index contributed by atoms with van der Waals surface area (Å²) in [7, 11) is 0. The molecule has 2 nitrogen and oxygen atoms in total. The second kappa shape index (κ2) is 17.4. The van der Waals surface area contributed by atoms with E-state index in [1.165, 1.54) is 99.8 Å². The Morgan fingerprint density at radius 2 is 1.06 bits per heavy atom. The van der Waals surface area contributed by atoms with Crippen LogP contribution in [0, 0.1) is 0 Å². The van der Waals surface area contributed by atoms with E-state index in [1.807, 2.05) is 6.20 Å². The van der Waals surface area contributed by atoms with Crippen molar-refractivity contribution >= 4 is 45.1 Å². The standard InChI is InChI=1S/C66H54N2/c1-3-66(4-2)58-41-45(35-38-52(58)53-39-37-51(42-59(53)66)68-61-31-19-17-29-54(61)55-30-18-20-32-62(55)68)33-34-46-36-40-60(67-44-46)57-43-56(47-21-9-5-10-22-47)63(48-23-11-6-12-24-48)65(50-27-15-8-16-28-50)64(57)49-25-13-7-14-26-49/h5,7,9-11,13-15,17-44H,3-4,6,8,12,16H2,1-2H3/b34-33+. The van der Waals surface area contributed by atoms with Gasteiger partial charge in [-0.25, -0.2) is 0 Å². The molecule has 0 amide bonds. The van der Waals surface area contributed by atoms with E-state index in [9.17, 15) is 0 Å². The average molecular weight is 875 g/mol. The normalized spacial score (nSPS) is 14.9. The van der Waals surface area contributed by atoms with Gasteiger partial charge in [0.05, 0.1) is 16.7 Å². The van der Waals surface area contributed by atoms with Crippen LogP contribution < -0.4 is 0 Å². The Morgan fingerprint density at radius 3 is 1.68 bits per heavy atom. The van der Waals surface area contributed by atoms with Gasteiger partial charge in [-0.3, -0.25) is 4.98 Å². The van der Waals surface area contributed by atoms with E-state index in [2.05, 4.69) is 231 Å².